The average Bonchev–Trinajstić information content (AvgIpc) is 3.04. The molecule has 2 N–H and O–H groups in total. The molecule has 2 heterocycles. The zero-order valence-electron chi connectivity index (χ0n) is 10.9. The highest BCUT2D eigenvalue weighted by atomic mass is 79.9. The smallest absolute Gasteiger partial charge is 0.230 e. The number of hydrogen-bond donors (Lipinski definition) is 1. The number of rotatable bonds is 3. The van der Waals surface area contributed by atoms with Crippen LogP contribution in [0.4, 0.5) is 5.88 Å². The van der Waals surface area contributed by atoms with Gasteiger partial charge in [-0.1, -0.05) is 40.1 Å². The normalized spacial score (nSPS) is 10.9. The highest BCUT2D eigenvalue weighted by Crippen LogP contribution is 2.40. The van der Waals surface area contributed by atoms with Crippen molar-refractivity contribution in [3.8, 4) is 21.7 Å². The van der Waals surface area contributed by atoms with E-state index in [0.717, 1.165) is 32.6 Å². The summed E-state index contributed by atoms with van der Waals surface area (Å²) in [6.45, 7) is 2.13. The summed E-state index contributed by atoms with van der Waals surface area (Å²) in [7, 11) is 0. The van der Waals surface area contributed by atoms with E-state index in [0.29, 0.717) is 5.88 Å². The lowest BCUT2D eigenvalue weighted by Gasteiger charge is -2.03. The third-order valence-electron chi connectivity index (χ3n) is 3.17. The first-order valence-corrected chi connectivity index (χ1v) is 7.95. The lowest BCUT2D eigenvalue weighted by Crippen LogP contribution is -1.88. The zero-order chi connectivity index (χ0) is 14.1. The number of aryl methyl sites for hydroxylation is 1. The molecule has 3 rings (SSSR count). The minimum Gasteiger partial charge on any atom is -0.367 e. The molecule has 102 valence electrons. The number of hydrogen-bond acceptors (Lipinski definition) is 4. The fourth-order valence-corrected chi connectivity index (χ4v) is 3.58. The van der Waals surface area contributed by atoms with Gasteiger partial charge in [-0.3, -0.25) is 0 Å². The molecule has 0 spiro atoms. The van der Waals surface area contributed by atoms with Crippen molar-refractivity contribution >= 4 is 33.2 Å². The second-order valence-corrected chi connectivity index (χ2v) is 6.24. The van der Waals surface area contributed by atoms with Gasteiger partial charge in [-0.25, -0.2) is 0 Å². The van der Waals surface area contributed by atoms with Gasteiger partial charge in [-0.2, -0.15) is 0 Å². The Bertz CT molecular complexity index is 748. The second-order valence-electron chi connectivity index (χ2n) is 4.41. The molecule has 0 saturated heterocycles. The fourth-order valence-electron chi connectivity index (χ4n) is 2.20. The molecule has 20 heavy (non-hydrogen) atoms. The molecule has 0 amide bonds. The fraction of sp³-hybridized carbons (Fsp3) is 0.133. The van der Waals surface area contributed by atoms with Gasteiger partial charge in [0.05, 0.1) is 10.4 Å². The van der Waals surface area contributed by atoms with E-state index >= 15 is 0 Å². The van der Waals surface area contributed by atoms with Gasteiger partial charge in [-0.15, -0.1) is 11.3 Å². The Morgan fingerprint density at radius 1 is 1.35 bits per heavy atom. The maximum absolute atomic E-state index is 5.98. The highest BCUT2D eigenvalue weighted by molar-refractivity contribution is 9.10. The number of aromatic nitrogens is 1. The molecule has 0 unspecified atom stereocenters. The molecule has 1 aromatic carbocycles. The molecular formula is C15H13BrN2OS. The lowest BCUT2D eigenvalue weighted by atomic mass is 10.0. The summed E-state index contributed by atoms with van der Waals surface area (Å²) in [5, 5.41) is 6.24. The summed E-state index contributed by atoms with van der Waals surface area (Å²) in [6, 6.07) is 10.1. The monoisotopic (exact) mass is 348 g/mol. The van der Waals surface area contributed by atoms with Crippen molar-refractivity contribution in [2.45, 2.75) is 13.3 Å². The van der Waals surface area contributed by atoms with E-state index in [9.17, 15) is 0 Å². The summed E-state index contributed by atoms with van der Waals surface area (Å²) in [4.78, 5) is 1.13. The number of halogens is 1. The standard InChI is InChI=1S/C15H13BrN2OS/c1-2-9-6-7-20-14(9)13-12(15(17)19-18-13)10-4-3-5-11(16)8-10/h3-8H,2,17H2,1H3. The van der Waals surface area contributed by atoms with E-state index in [4.69, 9.17) is 10.3 Å². The molecule has 0 radical (unpaired) electrons. The van der Waals surface area contributed by atoms with Gasteiger partial charge in [-0.05, 0) is 41.1 Å². The predicted octanol–water partition coefficient (Wildman–Crippen LogP) is 4.98. The van der Waals surface area contributed by atoms with Crippen LogP contribution < -0.4 is 5.73 Å². The average molecular weight is 349 g/mol. The van der Waals surface area contributed by atoms with Crippen LogP contribution in [0, 0.1) is 0 Å². The van der Waals surface area contributed by atoms with Crippen molar-refractivity contribution in [3.63, 3.8) is 0 Å². The lowest BCUT2D eigenvalue weighted by molar-refractivity contribution is 0.439. The molecule has 0 saturated carbocycles. The molecule has 0 aliphatic heterocycles. The number of nitrogens with zero attached hydrogens (tertiary/aromatic N) is 1. The van der Waals surface area contributed by atoms with Crippen molar-refractivity contribution in [2.75, 3.05) is 5.73 Å². The van der Waals surface area contributed by atoms with Gasteiger partial charge in [0.25, 0.3) is 0 Å². The third kappa shape index (κ3) is 2.27. The van der Waals surface area contributed by atoms with E-state index in [2.05, 4.69) is 39.5 Å². The Balaban J connectivity index is 2.20. The van der Waals surface area contributed by atoms with E-state index < -0.39 is 0 Å². The molecule has 0 fully saturated rings. The Hall–Kier alpha value is -1.59. The van der Waals surface area contributed by atoms with Gasteiger partial charge in [0.15, 0.2) is 0 Å². The van der Waals surface area contributed by atoms with Gasteiger partial charge >= 0.3 is 0 Å². The van der Waals surface area contributed by atoms with Crippen LogP contribution >= 0.6 is 27.3 Å². The van der Waals surface area contributed by atoms with Crippen molar-refractivity contribution in [3.05, 3.63) is 45.7 Å². The van der Waals surface area contributed by atoms with Crippen LogP contribution in [-0.4, -0.2) is 5.16 Å². The quantitative estimate of drug-likeness (QED) is 0.726. The third-order valence-corrected chi connectivity index (χ3v) is 4.63. The number of thiophene rings is 1. The second kappa shape index (κ2) is 5.42. The Labute approximate surface area is 129 Å². The first-order chi connectivity index (χ1) is 9.70. The highest BCUT2D eigenvalue weighted by Gasteiger charge is 2.20. The van der Waals surface area contributed by atoms with Gasteiger partial charge in [0, 0.05) is 4.47 Å². The number of nitrogens with two attached hydrogens (primary N) is 1. The maximum atomic E-state index is 5.98. The van der Waals surface area contributed by atoms with E-state index in [-0.39, 0.29) is 0 Å². The number of benzene rings is 1. The molecule has 3 aromatic rings. The van der Waals surface area contributed by atoms with Gasteiger partial charge in [0.2, 0.25) is 5.88 Å². The minimum absolute atomic E-state index is 0.355. The molecule has 0 aliphatic carbocycles. The van der Waals surface area contributed by atoms with Crippen LogP contribution in [-0.2, 0) is 6.42 Å². The molecule has 0 bridgehead atoms. The van der Waals surface area contributed by atoms with Crippen molar-refractivity contribution in [1.29, 1.82) is 0 Å². The topological polar surface area (TPSA) is 52.0 Å². The largest absolute Gasteiger partial charge is 0.367 e. The molecule has 2 aromatic heterocycles. The van der Waals surface area contributed by atoms with Crippen LogP contribution in [0.5, 0.6) is 0 Å². The van der Waals surface area contributed by atoms with Crippen LogP contribution in [0.25, 0.3) is 21.7 Å². The van der Waals surface area contributed by atoms with E-state index in [1.54, 1.807) is 11.3 Å². The van der Waals surface area contributed by atoms with Crippen molar-refractivity contribution < 1.29 is 4.52 Å². The predicted molar refractivity (Wildman–Crippen MR) is 86.7 cm³/mol. The van der Waals surface area contributed by atoms with Gasteiger partial charge in [0.1, 0.15) is 5.69 Å². The molecule has 0 atom stereocenters. The van der Waals surface area contributed by atoms with Crippen LogP contribution in [0.1, 0.15) is 12.5 Å². The maximum Gasteiger partial charge on any atom is 0.230 e. The van der Waals surface area contributed by atoms with E-state index in [1.807, 2.05) is 24.3 Å². The summed E-state index contributed by atoms with van der Waals surface area (Å²) < 4.78 is 6.24. The first kappa shape index (κ1) is 13.4. The van der Waals surface area contributed by atoms with Crippen LogP contribution in [0.3, 0.4) is 0 Å². The summed E-state index contributed by atoms with van der Waals surface area (Å²) >= 11 is 5.15. The summed E-state index contributed by atoms with van der Waals surface area (Å²) in [6.07, 6.45) is 0.962. The van der Waals surface area contributed by atoms with E-state index in [1.165, 1.54) is 5.56 Å². The number of anilines is 1. The minimum atomic E-state index is 0.355. The molecule has 5 heteroatoms. The van der Waals surface area contributed by atoms with Crippen molar-refractivity contribution in [2.24, 2.45) is 0 Å². The van der Waals surface area contributed by atoms with Crippen molar-refractivity contribution in [1.82, 2.24) is 5.16 Å². The SMILES string of the molecule is CCc1ccsc1-c1noc(N)c1-c1cccc(Br)c1. The molecular weight excluding hydrogens is 336 g/mol. The first-order valence-electron chi connectivity index (χ1n) is 6.28. The van der Waals surface area contributed by atoms with Crippen LogP contribution in [0.2, 0.25) is 0 Å². The Kier molecular flexibility index (Phi) is 3.63. The Morgan fingerprint density at radius 3 is 2.95 bits per heavy atom. The van der Waals surface area contributed by atoms with Gasteiger partial charge < -0.3 is 10.3 Å². The van der Waals surface area contributed by atoms with Crippen LogP contribution in [0.15, 0.2) is 44.7 Å². The summed E-state index contributed by atoms with van der Waals surface area (Å²) in [5.41, 5.74) is 9.94. The number of nitrogen functional groups attached to an aromatic ring is 1. The summed E-state index contributed by atoms with van der Waals surface area (Å²) in [5.74, 6) is 0.355. The molecule has 3 nitrogen and oxygen atoms in total. The zero-order valence-corrected chi connectivity index (χ0v) is 13.3. The Morgan fingerprint density at radius 2 is 2.20 bits per heavy atom. The molecule has 0 aliphatic rings.